The number of benzene rings is 1. The minimum Gasteiger partial charge on any atom is -0.496 e. The van der Waals surface area contributed by atoms with Crippen LogP contribution in [-0.2, 0) is 6.42 Å². The molecule has 3 heteroatoms. The van der Waals surface area contributed by atoms with Crippen molar-refractivity contribution >= 4 is 0 Å². The lowest BCUT2D eigenvalue weighted by Crippen LogP contribution is -2.50. The van der Waals surface area contributed by atoms with E-state index in [2.05, 4.69) is 49.3 Å². The highest BCUT2D eigenvalue weighted by Gasteiger charge is 2.19. The molecule has 3 nitrogen and oxygen atoms in total. The highest BCUT2D eigenvalue weighted by atomic mass is 16.5. The number of likely N-dealkylation sites (N-methyl/N-ethyl adjacent to an activating group) is 1. The Morgan fingerprint density at radius 2 is 2.21 bits per heavy atom. The number of hydrogen-bond acceptors (Lipinski definition) is 3. The van der Waals surface area contributed by atoms with Crippen LogP contribution in [0.3, 0.4) is 0 Å². The maximum atomic E-state index is 5.45. The van der Waals surface area contributed by atoms with Gasteiger partial charge in [0.1, 0.15) is 5.75 Å². The van der Waals surface area contributed by atoms with E-state index in [0.717, 1.165) is 31.8 Å². The molecular weight excluding hydrogens is 236 g/mol. The number of nitrogens with zero attached hydrogens (tertiary/aromatic N) is 1. The fraction of sp³-hybridized carbons (Fsp3) is 0.625. The molecule has 106 valence electrons. The van der Waals surface area contributed by atoms with Gasteiger partial charge in [0.15, 0.2) is 0 Å². The van der Waals surface area contributed by atoms with Gasteiger partial charge in [0.25, 0.3) is 0 Å². The zero-order valence-electron chi connectivity index (χ0n) is 12.6. The second kappa shape index (κ2) is 6.40. The van der Waals surface area contributed by atoms with E-state index in [1.54, 1.807) is 7.11 Å². The summed E-state index contributed by atoms with van der Waals surface area (Å²) in [5.41, 5.74) is 2.72. The lowest BCUT2D eigenvalue weighted by molar-refractivity contribution is 0.199. The summed E-state index contributed by atoms with van der Waals surface area (Å²) < 4.78 is 5.45. The van der Waals surface area contributed by atoms with Gasteiger partial charge in [-0.2, -0.15) is 0 Å². The highest BCUT2D eigenvalue weighted by Crippen LogP contribution is 2.28. The van der Waals surface area contributed by atoms with E-state index in [0.29, 0.717) is 12.0 Å². The molecule has 1 atom stereocenters. The van der Waals surface area contributed by atoms with Crippen LogP contribution in [0.1, 0.15) is 30.9 Å². The lowest BCUT2D eigenvalue weighted by Gasteiger charge is -2.33. The van der Waals surface area contributed by atoms with Gasteiger partial charge in [0.2, 0.25) is 0 Å². The van der Waals surface area contributed by atoms with Crippen LogP contribution >= 0.6 is 0 Å². The number of hydrogen-bond donors (Lipinski definition) is 1. The van der Waals surface area contributed by atoms with Gasteiger partial charge in [0, 0.05) is 25.7 Å². The van der Waals surface area contributed by atoms with Crippen LogP contribution in [0.15, 0.2) is 18.2 Å². The van der Waals surface area contributed by atoms with Crippen LogP contribution in [0.4, 0.5) is 0 Å². The first kappa shape index (κ1) is 14.4. The van der Waals surface area contributed by atoms with Crippen LogP contribution in [0.25, 0.3) is 0 Å². The van der Waals surface area contributed by atoms with E-state index in [9.17, 15) is 0 Å². The second-order valence-corrected chi connectivity index (χ2v) is 5.77. The predicted molar refractivity (Wildman–Crippen MR) is 80.1 cm³/mol. The molecule has 0 saturated carbocycles. The molecule has 1 fully saturated rings. The summed E-state index contributed by atoms with van der Waals surface area (Å²) >= 11 is 0. The van der Waals surface area contributed by atoms with E-state index in [1.165, 1.54) is 11.1 Å². The second-order valence-electron chi connectivity index (χ2n) is 5.77. The zero-order valence-corrected chi connectivity index (χ0v) is 12.6. The largest absolute Gasteiger partial charge is 0.496 e. The fourth-order valence-corrected chi connectivity index (χ4v) is 2.72. The topological polar surface area (TPSA) is 24.5 Å². The minimum absolute atomic E-state index is 0.497. The predicted octanol–water partition coefficient (Wildman–Crippen LogP) is 2.26. The van der Waals surface area contributed by atoms with E-state index >= 15 is 0 Å². The standard InChI is InChI=1S/C16H26N2O/c1-12(2)15-10-13(5-6-16(15)19-4)9-14-11-17-7-8-18(14)3/h5-6,10,12,14,17H,7-9,11H2,1-4H3. The Bertz CT molecular complexity index is 417. The number of rotatable bonds is 4. The Labute approximate surface area is 116 Å². The molecule has 1 aromatic rings. The molecule has 0 radical (unpaired) electrons. The third-order valence-electron chi connectivity index (χ3n) is 4.03. The average molecular weight is 262 g/mol. The maximum absolute atomic E-state index is 5.45. The van der Waals surface area contributed by atoms with E-state index in [-0.39, 0.29) is 0 Å². The monoisotopic (exact) mass is 262 g/mol. The number of nitrogens with one attached hydrogen (secondary N) is 1. The van der Waals surface area contributed by atoms with Gasteiger partial charge in [-0.3, -0.25) is 0 Å². The molecule has 1 heterocycles. The Balaban J connectivity index is 2.14. The molecular formula is C16H26N2O. The van der Waals surface area contributed by atoms with Crippen LogP contribution < -0.4 is 10.1 Å². The first-order chi connectivity index (χ1) is 9.11. The van der Waals surface area contributed by atoms with Gasteiger partial charge in [0.05, 0.1) is 7.11 Å². The summed E-state index contributed by atoms with van der Waals surface area (Å²) in [5.74, 6) is 1.51. The molecule has 1 aliphatic rings. The molecule has 2 rings (SSSR count). The summed E-state index contributed by atoms with van der Waals surface area (Å²) in [4.78, 5) is 2.45. The summed E-state index contributed by atoms with van der Waals surface area (Å²) in [6, 6.07) is 7.22. The van der Waals surface area contributed by atoms with Gasteiger partial charge in [-0.15, -0.1) is 0 Å². The van der Waals surface area contributed by atoms with E-state index in [1.807, 2.05) is 0 Å². The number of methoxy groups -OCH3 is 1. The van der Waals surface area contributed by atoms with Crippen molar-refractivity contribution in [3.8, 4) is 5.75 Å². The van der Waals surface area contributed by atoms with Crippen LogP contribution in [0.5, 0.6) is 5.75 Å². The maximum Gasteiger partial charge on any atom is 0.122 e. The molecule has 1 aliphatic heterocycles. The SMILES string of the molecule is COc1ccc(CC2CNCCN2C)cc1C(C)C. The van der Waals surface area contributed by atoms with Gasteiger partial charge in [-0.05, 0) is 36.6 Å². The van der Waals surface area contributed by atoms with Crippen molar-refractivity contribution in [2.75, 3.05) is 33.8 Å². The molecule has 0 amide bonds. The third kappa shape index (κ3) is 3.48. The molecule has 1 unspecified atom stereocenters. The van der Waals surface area contributed by atoms with Crippen molar-refractivity contribution in [2.45, 2.75) is 32.2 Å². The first-order valence-electron chi connectivity index (χ1n) is 7.19. The molecule has 0 aromatic heterocycles. The quantitative estimate of drug-likeness (QED) is 0.901. The summed E-state index contributed by atoms with van der Waals surface area (Å²) in [7, 11) is 3.97. The van der Waals surface area contributed by atoms with Gasteiger partial charge in [-0.1, -0.05) is 26.0 Å². The van der Waals surface area contributed by atoms with E-state index < -0.39 is 0 Å². The Morgan fingerprint density at radius 1 is 1.42 bits per heavy atom. The van der Waals surface area contributed by atoms with Gasteiger partial charge >= 0.3 is 0 Å². The number of piperazine rings is 1. The van der Waals surface area contributed by atoms with Crippen molar-refractivity contribution in [3.05, 3.63) is 29.3 Å². The zero-order chi connectivity index (χ0) is 13.8. The fourth-order valence-electron chi connectivity index (χ4n) is 2.72. The van der Waals surface area contributed by atoms with Crippen LogP contribution in [0.2, 0.25) is 0 Å². The molecule has 0 bridgehead atoms. The van der Waals surface area contributed by atoms with Crippen molar-refractivity contribution < 1.29 is 4.74 Å². The molecule has 1 N–H and O–H groups in total. The third-order valence-corrected chi connectivity index (χ3v) is 4.03. The Hall–Kier alpha value is -1.06. The van der Waals surface area contributed by atoms with Crippen molar-refractivity contribution in [3.63, 3.8) is 0 Å². The average Bonchev–Trinajstić information content (AvgIpc) is 2.41. The number of ether oxygens (including phenoxy) is 1. The summed E-state index contributed by atoms with van der Waals surface area (Å²) in [6.07, 6.45) is 1.10. The van der Waals surface area contributed by atoms with Crippen LogP contribution in [-0.4, -0.2) is 44.7 Å². The Morgan fingerprint density at radius 3 is 2.84 bits per heavy atom. The summed E-state index contributed by atoms with van der Waals surface area (Å²) in [5, 5.41) is 3.48. The van der Waals surface area contributed by atoms with E-state index in [4.69, 9.17) is 4.74 Å². The van der Waals surface area contributed by atoms with Crippen molar-refractivity contribution in [1.29, 1.82) is 0 Å². The molecule has 1 saturated heterocycles. The van der Waals surface area contributed by atoms with Crippen molar-refractivity contribution in [2.24, 2.45) is 0 Å². The molecule has 1 aromatic carbocycles. The molecule has 0 aliphatic carbocycles. The molecule has 19 heavy (non-hydrogen) atoms. The van der Waals surface area contributed by atoms with Crippen molar-refractivity contribution in [1.82, 2.24) is 10.2 Å². The lowest BCUT2D eigenvalue weighted by atomic mass is 9.96. The van der Waals surface area contributed by atoms with Gasteiger partial charge in [-0.25, -0.2) is 0 Å². The summed E-state index contributed by atoms with van der Waals surface area (Å²) in [6.45, 7) is 7.76. The highest BCUT2D eigenvalue weighted by molar-refractivity contribution is 5.39. The normalized spacial score (nSPS) is 20.8. The van der Waals surface area contributed by atoms with Gasteiger partial charge < -0.3 is 15.0 Å². The minimum atomic E-state index is 0.497. The molecule has 0 spiro atoms. The van der Waals surface area contributed by atoms with Crippen LogP contribution in [0, 0.1) is 0 Å². The smallest absolute Gasteiger partial charge is 0.122 e. The Kier molecular flexibility index (Phi) is 4.83. The first-order valence-corrected chi connectivity index (χ1v) is 7.19.